The second kappa shape index (κ2) is 8.75. The van der Waals surface area contributed by atoms with Crippen LogP contribution in [0.2, 0.25) is 0 Å². The smallest absolute Gasteiger partial charge is 0.307 e. The predicted octanol–water partition coefficient (Wildman–Crippen LogP) is 3.39. The summed E-state index contributed by atoms with van der Waals surface area (Å²) in [6.45, 7) is 4.51. The molecule has 2 atom stereocenters. The Morgan fingerprint density at radius 3 is 2.60 bits per heavy atom. The van der Waals surface area contributed by atoms with E-state index >= 15 is 0 Å². The molecule has 0 aliphatic heterocycles. The Hall–Kier alpha value is -1.35. The standard InChI is InChI=1S/C17H27NO2/c1-3-14(11-16(12-18)17(19)20)8-6-10-15-9-5-4-7-13(15)2/h4-5,7,9,14,16H,3,6,8,10-12,18H2,1-2H3,(H,19,20). The first-order chi connectivity index (χ1) is 9.58. The average molecular weight is 277 g/mol. The summed E-state index contributed by atoms with van der Waals surface area (Å²) in [5.41, 5.74) is 8.27. The molecule has 0 saturated heterocycles. The average Bonchev–Trinajstić information content (AvgIpc) is 2.44. The number of carbonyl (C=O) groups is 1. The van der Waals surface area contributed by atoms with Crippen LogP contribution in [-0.4, -0.2) is 17.6 Å². The van der Waals surface area contributed by atoms with E-state index in [9.17, 15) is 4.79 Å². The summed E-state index contributed by atoms with van der Waals surface area (Å²) in [7, 11) is 0. The van der Waals surface area contributed by atoms with E-state index in [4.69, 9.17) is 10.8 Å². The monoisotopic (exact) mass is 277 g/mol. The summed E-state index contributed by atoms with van der Waals surface area (Å²) in [4.78, 5) is 11.0. The highest BCUT2D eigenvalue weighted by Gasteiger charge is 2.20. The Kier molecular flexibility index (Phi) is 7.31. The van der Waals surface area contributed by atoms with Gasteiger partial charge >= 0.3 is 5.97 Å². The molecule has 0 amide bonds. The summed E-state index contributed by atoms with van der Waals surface area (Å²) in [5.74, 6) is -0.688. The summed E-state index contributed by atoms with van der Waals surface area (Å²) in [6, 6.07) is 8.46. The zero-order valence-corrected chi connectivity index (χ0v) is 12.6. The minimum absolute atomic E-state index is 0.240. The molecule has 0 heterocycles. The second-order valence-corrected chi connectivity index (χ2v) is 5.60. The predicted molar refractivity (Wildman–Crippen MR) is 82.7 cm³/mol. The first kappa shape index (κ1) is 16.7. The fourth-order valence-electron chi connectivity index (χ4n) is 2.66. The molecule has 3 N–H and O–H groups in total. The van der Waals surface area contributed by atoms with Crippen molar-refractivity contribution in [3.8, 4) is 0 Å². The van der Waals surface area contributed by atoms with E-state index in [2.05, 4.69) is 38.1 Å². The van der Waals surface area contributed by atoms with Crippen LogP contribution in [0.15, 0.2) is 24.3 Å². The zero-order chi connectivity index (χ0) is 15.0. The third-order valence-electron chi connectivity index (χ3n) is 4.15. The number of carboxylic acids is 1. The molecule has 1 aromatic rings. The van der Waals surface area contributed by atoms with Crippen LogP contribution in [0.3, 0.4) is 0 Å². The number of rotatable bonds is 9. The number of aliphatic carboxylic acids is 1. The van der Waals surface area contributed by atoms with Crippen LogP contribution in [0.25, 0.3) is 0 Å². The summed E-state index contributed by atoms with van der Waals surface area (Å²) >= 11 is 0. The largest absolute Gasteiger partial charge is 0.481 e. The highest BCUT2D eigenvalue weighted by atomic mass is 16.4. The van der Waals surface area contributed by atoms with Crippen molar-refractivity contribution in [2.45, 2.75) is 46.0 Å². The molecule has 3 heteroatoms. The molecule has 20 heavy (non-hydrogen) atoms. The van der Waals surface area contributed by atoms with Gasteiger partial charge in [0.15, 0.2) is 0 Å². The number of hydrogen-bond donors (Lipinski definition) is 2. The van der Waals surface area contributed by atoms with Crippen molar-refractivity contribution >= 4 is 5.97 Å². The van der Waals surface area contributed by atoms with Crippen molar-refractivity contribution in [1.29, 1.82) is 0 Å². The lowest BCUT2D eigenvalue weighted by atomic mass is 9.88. The second-order valence-electron chi connectivity index (χ2n) is 5.60. The van der Waals surface area contributed by atoms with Crippen molar-refractivity contribution in [1.82, 2.24) is 0 Å². The van der Waals surface area contributed by atoms with Crippen LogP contribution in [0.4, 0.5) is 0 Å². The van der Waals surface area contributed by atoms with Gasteiger partial charge < -0.3 is 10.8 Å². The van der Waals surface area contributed by atoms with Crippen LogP contribution in [0, 0.1) is 18.8 Å². The summed E-state index contributed by atoms with van der Waals surface area (Å²) in [6.07, 6.45) is 4.99. The molecular weight excluding hydrogens is 250 g/mol. The van der Waals surface area contributed by atoms with Crippen LogP contribution in [-0.2, 0) is 11.2 Å². The molecule has 0 saturated carbocycles. The maximum atomic E-state index is 11.0. The van der Waals surface area contributed by atoms with Gasteiger partial charge in [-0.3, -0.25) is 4.79 Å². The van der Waals surface area contributed by atoms with E-state index in [0.717, 1.165) is 25.7 Å². The summed E-state index contributed by atoms with van der Waals surface area (Å²) < 4.78 is 0. The Morgan fingerprint density at radius 1 is 1.35 bits per heavy atom. The maximum absolute atomic E-state index is 11.0. The summed E-state index contributed by atoms with van der Waals surface area (Å²) in [5, 5.41) is 9.08. The minimum atomic E-state index is -0.759. The Labute approximate surface area is 122 Å². The van der Waals surface area contributed by atoms with E-state index in [1.165, 1.54) is 11.1 Å². The van der Waals surface area contributed by atoms with Gasteiger partial charge in [0.1, 0.15) is 0 Å². The molecule has 0 radical (unpaired) electrons. The number of aryl methyl sites for hydroxylation is 2. The van der Waals surface area contributed by atoms with Gasteiger partial charge in [0.05, 0.1) is 5.92 Å². The Bertz CT molecular complexity index is 417. The Morgan fingerprint density at radius 2 is 2.05 bits per heavy atom. The Balaban J connectivity index is 2.42. The van der Waals surface area contributed by atoms with Crippen LogP contribution in [0.1, 0.15) is 43.7 Å². The fourth-order valence-corrected chi connectivity index (χ4v) is 2.66. The van der Waals surface area contributed by atoms with Crippen molar-refractivity contribution in [3.63, 3.8) is 0 Å². The molecule has 1 rings (SSSR count). The van der Waals surface area contributed by atoms with Crippen LogP contribution >= 0.6 is 0 Å². The highest BCUT2D eigenvalue weighted by molar-refractivity contribution is 5.70. The number of carboxylic acid groups (broad SMARTS) is 1. The number of hydrogen-bond acceptors (Lipinski definition) is 2. The molecule has 0 aromatic heterocycles. The van der Waals surface area contributed by atoms with Crippen LogP contribution < -0.4 is 5.73 Å². The quantitative estimate of drug-likeness (QED) is 0.727. The van der Waals surface area contributed by atoms with Gasteiger partial charge in [0.2, 0.25) is 0 Å². The molecule has 0 aliphatic carbocycles. The first-order valence-electron chi connectivity index (χ1n) is 7.55. The molecule has 3 nitrogen and oxygen atoms in total. The maximum Gasteiger partial charge on any atom is 0.307 e. The lowest BCUT2D eigenvalue weighted by Crippen LogP contribution is -2.25. The van der Waals surface area contributed by atoms with Gasteiger partial charge in [-0.2, -0.15) is 0 Å². The molecule has 0 spiro atoms. The van der Waals surface area contributed by atoms with Crippen molar-refractivity contribution in [3.05, 3.63) is 35.4 Å². The van der Waals surface area contributed by atoms with Gasteiger partial charge in [-0.1, -0.05) is 44.0 Å². The molecule has 0 bridgehead atoms. The van der Waals surface area contributed by atoms with E-state index in [-0.39, 0.29) is 6.54 Å². The molecule has 112 valence electrons. The zero-order valence-electron chi connectivity index (χ0n) is 12.6. The van der Waals surface area contributed by atoms with Gasteiger partial charge in [-0.05, 0) is 43.2 Å². The van der Waals surface area contributed by atoms with Gasteiger partial charge in [0, 0.05) is 6.54 Å². The van der Waals surface area contributed by atoms with E-state index in [0.29, 0.717) is 12.3 Å². The third kappa shape index (κ3) is 5.33. The first-order valence-corrected chi connectivity index (χ1v) is 7.55. The topological polar surface area (TPSA) is 63.3 Å². The minimum Gasteiger partial charge on any atom is -0.481 e. The molecule has 0 aliphatic rings. The lowest BCUT2D eigenvalue weighted by Gasteiger charge is -2.19. The SMILES string of the molecule is CCC(CCCc1ccccc1C)CC(CN)C(=O)O. The number of nitrogens with two attached hydrogens (primary N) is 1. The van der Waals surface area contributed by atoms with E-state index < -0.39 is 11.9 Å². The molecule has 2 unspecified atom stereocenters. The van der Waals surface area contributed by atoms with Crippen LogP contribution in [0.5, 0.6) is 0 Å². The van der Waals surface area contributed by atoms with Crippen molar-refractivity contribution in [2.75, 3.05) is 6.54 Å². The van der Waals surface area contributed by atoms with Gasteiger partial charge in [-0.15, -0.1) is 0 Å². The molecular formula is C17H27NO2. The van der Waals surface area contributed by atoms with E-state index in [1.807, 2.05) is 0 Å². The fraction of sp³-hybridized carbons (Fsp3) is 0.588. The van der Waals surface area contributed by atoms with Crippen molar-refractivity contribution in [2.24, 2.45) is 17.6 Å². The normalized spacial score (nSPS) is 13.9. The molecule has 1 aromatic carbocycles. The molecule has 0 fully saturated rings. The van der Waals surface area contributed by atoms with E-state index in [1.54, 1.807) is 0 Å². The number of benzene rings is 1. The van der Waals surface area contributed by atoms with Gasteiger partial charge in [-0.25, -0.2) is 0 Å². The third-order valence-corrected chi connectivity index (χ3v) is 4.15. The lowest BCUT2D eigenvalue weighted by molar-refractivity contribution is -0.142. The van der Waals surface area contributed by atoms with Crippen molar-refractivity contribution < 1.29 is 9.90 Å². The highest BCUT2D eigenvalue weighted by Crippen LogP contribution is 2.22. The van der Waals surface area contributed by atoms with Gasteiger partial charge in [0.25, 0.3) is 0 Å².